The van der Waals surface area contributed by atoms with E-state index in [4.69, 9.17) is 0 Å². The molecule has 4 nitrogen and oxygen atoms in total. The molecule has 2 heterocycles. The first-order valence-electron chi connectivity index (χ1n) is 5.75. The van der Waals surface area contributed by atoms with Crippen molar-refractivity contribution in [3.8, 4) is 0 Å². The highest BCUT2D eigenvalue weighted by Crippen LogP contribution is 2.13. The predicted molar refractivity (Wildman–Crippen MR) is 70.0 cm³/mol. The third-order valence-electron chi connectivity index (χ3n) is 2.93. The summed E-state index contributed by atoms with van der Waals surface area (Å²) in [5, 5.41) is 0. The van der Waals surface area contributed by atoms with Crippen LogP contribution in [-0.2, 0) is 0 Å². The van der Waals surface area contributed by atoms with Gasteiger partial charge in [-0.15, -0.1) is 9.24 Å². The van der Waals surface area contributed by atoms with E-state index in [1.807, 2.05) is 6.92 Å². The molecule has 0 aliphatic carbocycles. The van der Waals surface area contributed by atoms with Crippen molar-refractivity contribution in [3.63, 3.8) is 0 Å². The van der Waals surface area contributed by atoms with Gasteiger partial charge in [0, 0.05) is 44.5 Å². The molecule has 1 aromatic rings. The maximum absolute atomic E-state index is 4.33. The zero-order chi connectivity index (χ0) is 11.4. The summed E-state index contributed by atoms with van der Waals surface area (Å²) in [4.78, 5) is 13.3. The lowest BCUT2D eigenvalue weighted by atomic mass is 10.3. The van der Waals surface area contributed by atoms with Gasteiger partial charge in [0.2, 0.25) is 0 Å². The molecule has 0 amide bonds. The Hall–Kier alpha value is -0.730. The van der Waals surface area contributed by atoms with Crippen molar-refractivity contribution in [1.29, 1.82) is 0 Å². The quantitative estimate of drug-likeness (QED) is 0.729. The molecule has 1 saturated heterocycles. The van der Waals surface area contributed by atoms with Gasteiger partial charge < -0.3 is 4.90 Å². The minimum Gasteiger partial charge on any atom is -0.354 e. The van der Waals surface area contributed by atoms with E-state index in [2.05, 4.69) is 35.1 Å². The van der Waals surface area contributed by atoms with Crippen LogP contribution < -0.4 is 4.90 Å². The first kappa shape index (κ1) is 11.7. The van der Waals surface area contributed by atoms with Crippen molar-refractivity contribution in [2.45, 2.75) is 6.92 Å². The minimum atomic E-state index is 1.04. The van der Waals surface area contributed by atoms with Gasteiger partial charge >= 0.3 is 0 Å². The van der Waals surface area contributed by atoms with Crippen molar-refractivity contribution in [2.75, 3.05) is 43.8 Å². The van der Waals surface area contributed by atoms with Gasteiger partial charge in [-0.25, -0.2) is 9.97 Å². The average molecular weight is 238 g/mol. The maximum Gasteiger partial charge on any atom is 0.132 e. The molecule has 0 bridgehead atoms. The minimum absolute atomic E-state index is 1.04. The van der Waals surface area contributed by atoms with E-state index in [0.29, 0.717) is 0 Å². The molecule has 88 valence electrons. The summed E-state index contributed by atoms with van der Waals surface area (Å²) in [6.45, 7) is 7.61. The van der Waals surface area contributed by atoms with Crippen LogP contribution in [0, 0.1) is 6.92 Å². The summed E-state index contributed by atoms with van der Waals surface area (Å²) in [5.74, 6) is 1.07. The van der Waals surface area contributed by atoms with Gasteiger partial charge in [0.05, 0.1) is 0 Å². The Labute approximate surface area is 99.3 Å². The molecule has 1 fully saturated rings. The second-order valence-corrected chi connectivity index (χ2v) is 4.71. The first-order valence-corrected chi connectivity index (χ1v) is 6.57. The second kappa shape index (κ2) is 5.55. The molecular formula is C11H19N4P. The van der Waals surface area contributed by atoms with E-state index in [1.165, 1.54) is 6.54 Å². The number of anilines is 1. The molecule has 0 saturated carbocycles. The van der Waals surface area contributed by atoms with Crippen LogP contribution in [-0.4, -0.2) is 53.8 Å². The fourth-order valence-corrected chi connectivity index (χ4v) is 2.36. The van der Waals surface area contributed by atoms with Crippen molar-refractivity contribution >= 4 is 15.1 Å². The Morgan fingerprint density at radius 2 is 2.00 bits per heavy atom. The normalized spacial score (nSPS) is 17.8. The fourth-order valence-electron chi connectivity index (χ4n) is 2.00. The topological polar surface area (TPSA) is 32.3 Å². The van der Waals surface area contributed by atoms with Crippen molar-refractivity contribution in [2.24, 2.45) is 0 Å². The second-order valence-electron chi connectivity index (χ2n) is 4.13. The highest BCUT2D eigenvalue weighted by atomic mass is 31.0. The summed E-state index contributed by atoms with van der Waals surface area (Å²) in [7, 11) is 2.79. The van der Waals surface area contributed by atoms with Crippen LogP contribution in [0.4, 0.5) is 5.82 Å². The number of hydrogen-bond donors (Lipinski definition) is 0. The first-order chi connectivity index (χ1) is 7.79. The maximum atomic E-state index is 4.33. The number of hydrogen-bond acceptors (Lipinski definition) is 4. The zero-order valence-electron chi connectivity index (χ0n) is 9.76. The van der Waals surface area contributed by atoms with Gasteiger partial charge in [0.15, 0.2) is 0 Å². The molecule has 0 spiro atoms. The molecule has 0 aromatic carbocycles. The van der Waals surface area contributed by atoms with Gasteiger partial charge in [-0.1, -0.05) is 0 Å². The van der Waals surface area contributed by atoms with Gasteiger partial charge in [-0.2, -0.15) is 0 Å². The van der Waals surface area contributed by atoms with Gasteiger partial charge in [-0.05, 0) is 13.1 Å². The SMILES string of the molecule is Cc1cc(N2CCN(CCP)CC2)ncn1. The number of aryl methyl sites for hydroxylation is 1. The van der Waals surface area contributed by atoms with Gasteiger partial charge in [0.1, 0.15) is 12.1 Å². The molecule has 16 heavy (non-hydrogen) atoms. The molecule has 0 radical (unpaired) electrons. The van der Waals surface area contributed by atoms with E-state index in [-0.39, 0.29) is 0 Å². The van der Waals surface area contributed by atoms with Crippen LogP contribution in [0.1, 0.15) is 5.69 Å². The monoisotopic (exact) mass is 238 g/mol. The van der Waals surface area contributed by atoms with E-state index in [0.717, 1.165) is 43.9 Å². The van der Waals surface area contributed by atoms with Crippen LogP contribution in [0.5, 0.6) is 0 Å². The van der Waals surface area contributed by atoms with Crippen LogP contribution >= 0.6 is 9.24 Å². The van der Waals surface area contributed by atoms with Crippen LogP contribution in [0.15, 0.2) is 12.4 Å². The van der Waals surface area contributed by atoms with Crippen LogP contribution in [0.3, 0.4) is 0 Å². The predicted octanol–water partition coefficient (Wildman–Crippen LogP) is 0.782. The highest BCUT2D eigenvalue weighted by molar-refractivity contribution is 7.16. The summed E-state index contributed by atoms with van der Waals surface area (Å²) in [5.41, 5.74) is 1.04. The number of rotatable bonds is 3. The van der Waals surface area contributed by atoms with E-state index in [1.54, 1.807) is 6.33 Å². The Morgan fingerprint density at radius 3 is 2.62 bits per heavy atom. The molecule has 1 aliphatic heterocycles. The van der Waals surface area contributed by atoms with Crippen LogP contribution in [0.25, 0.3) is 0 Å². The lowest BCUT2D eigenvalue weighted by Crippen LogP contribution is -2.47. The molecule has 1 atom stereocenters. The summed E-state index contributed by atoms with van der Waals surface area (Å²) < 4.78 is 0. The average Bonchev–Trinajstić information content (AvgIpc) is 2.30. The van der Waals surface area contributed by atoms with Gasteiger partial charge in [-0.3, -0.25) is 4.90 Å². The third kappa shape index (κ3) is 2.89. The number of nitrogens with zero attached hydrogens (tertiary/aromatic N) is 4. The Balaban J connectivity index is 1.94. The third-order valence-corrected chi connectivity index (χ3v) is 3.19. The molecule has 1 aromatic heterocycles. The zero-order valence-corrected chi connectivity index (χ0v) is 10.9. The lowest BCUT2D eigenvalue weighted by molar-refractivity contribution is 0.272. The molecule has 1 aliphatic rings. The Morgan fingerprint density at radius 1 is 1.25 bits per heavy atom. The summed E-state index contributed by atoms with van der Waals surface area (Å²) in [6.07, 6.45) is 2.81. The molecule has 2 rings (SSSR count). The Bertz CT molecular complexity index is 337. The molecule has 1 unspecified atom stereocenters. The lowest BCUT2D eigenvalue weighted by Gasteiger charge is -2.35. The smallest absolute Gasteiger partial charge is 0.132 e. The standard InChI is InChI=1S/C11H19N4P/c1-10-8-11(13-9-12-10)15-4-2-14(3-5-15)6-7-16/h8-9H,2-7,16H2,1H3. The fraction of sp³-hybridized carbons (Fsp3) is 0.636. The highest BCUT2D eigenvalue weighted by Gasteiger charge is 2.17. The molecule has 5 heteroatoms. The Kier molecular flexibility index (Phi) is 4.08. The molecular weight excluding hydrogens is 219 g/mol. The summed E-state index contributed by atoms with van der Waals surface area (Å²) in [6, 6.07) is 2.06. The van der Waals surface area contributed by atoms with Crippen molar-refractivity contribution < 1.29 is 0 Å². The summed E-state index contributed by atoms with van der Waals surface area (Å²) >= 11 is 0. The van der Waals surface area contributed by atoms with Crippen molar-refractivity contribution in [3.05, 3.63) is 18.1 Å². The van der Waals surface area contributed by atoms with Crippen LogP contribution in [0.2, 0.25) is 0 Å². The van der Waals surface area contributed by atoms with Gasteiger partial charge in [0.25, 0.3) is 0 Å². The molecule has 0 N–H and O–H groups in total. The number of aromatic nitrogens is 2. The van der Waals surface area contributed by atoms with Crippen molar-refractivity contribution in [1.82, 2.24) is 14.9 Å². The van der Waals surface area contributed by atoms with E-state index in [9.17, 15) is 0 Å². The largest absolute Gasteiger partial charge is 0.354 e. The van der Waals surface area contributed by atoms with E-state index < -0.39 is 0 Å². The van der Waals surface area contributed by atoms with E-state index >= 15 is 0 Å². The number of piperazine rings is 1.